The molecule has 1 aromatic carbocycles. The molecule has 4 rings (SSSR count). The Morgan fingerprint density at radius 2 is 1.75 bits per heavy atom. The van der Waals surface area contributed by atoms with Crippen LogP contribution in [0.3, 0.4) is 0 Å². The van der Waals surface area contributed by atoms with Gasteiger partial charge in [-0.1, -0.05) is 30.3 Å². The van der Waals surface area contributed by atoms with Crippen molar-refractivity contribution in [2.45, 2.75) is 38.0 Å². The van der Waals surface area contributed by atoms with Crippen molar-refractivity contribution < 1.29 is 14.3 Å². The number of hydrogen-bond donors (Lipinski definition) is 0. The molecule has 2 amide bonds. The fraction of sp³-hybridized carbons (Fsp3) is 0.409. The molecule has 6 heteroatoms. The second-order valence-corrected chi connectivity index (χ2v) is 7.70. The maximum atomic E-state index is 13.3. The van der Waals surface area contributed by atoms with E-state index < -0.39 is 12.1 Å². The van der Waals surface area contributed by atoms with E-state index in [1.807, 2.05) is 61.2 Å². The van der Waals surface area contributed by atoms with Crippen molar-refractivity contribution in [1.29, 1.82) is 0 Å². The van der Waals surface area contributed by atoms with Crippen LogP contribution in [-0.2, 0) is 14.3 Å². The highest BCUT2D eigenvalue weighted by Crippen LogP contribution is 2.35. The van der Waals surface area contributed by atoms with Crippen LogP contribution in [0.15, 0.2) is 54.9 Å². The minimum absolute atomic E-state index is 0.0159. The summed E-state index contributed by atoms with van der Waals surface area (Å²) in [7, 11) is 0. The smallest absolute Gasteiger partial charge is 0.254 e. The fourth-order valence-electron chi connectivity index (χ4n) is 4.11. The van der Waals surface area contributed by atoms with Crippen LogP contribution in [0.4, 0.5) is 0 Å². The number of pyridine rings is 1. The van der Waals surface area contributed by atoms with E-state index in [9.17, 15) is 9.59 Å². The van der Waals surface area contributed by atoms with Gasteiger partial charge < -0.3 is 14.5 Å². The molecule has 28 heavy (non-hydrogen) atoms. The van der Waals surface area contributed by atoms with E-state index in [2.05, 4.69) is 4.98 Å². The first-order valence-electron chi connectivity index (χ1n) is 9.72. The minimum Gasteiger partial charge on any atom is -0.356 e. The van der Waals surface area contributed by atoms with Crippen LogP contribution in [-0.4, -0.2) is 58.4 Å². The van der Waals surface area contributed by atoms with Crippen molar-refractivity contribution in [2.75, 3.05) is 19.7 Å². The molecule has 0 spiro atoms. The summed E-state index contributed by atoms with van der Waals surface area (Å²) in [6.45, 7) is 5.23. The number of carbonyl (C=O) groups is 2. The highest BCUT2D eigenvalue weighted by atomic mass is 16.5. The third-order valence-corrected chi connectivity index (χ3v) is 5.57. The van der Waals surface area contributed by atoms with Gasteiger partial charge in [0, 0.05) is 37.4 Å². The van der Waals surface area contributed by atoms with Crippen LogP contribution < -0.4 is 0 Å². The number of amides is 2. The number of hydrogen-bond acceptors (Lipinski definition) is 4. The first kappa shape index (κ1) is 18.6. The fourth-order valence-corrected chi connectivity index (χ4v) is 4.11. The SMILES string of the molecule is CC(C)N1C(=O)CO[C@H](C(=O)N2CC(c3ccncc3)C2)[C@H]1c1ccccc1. The molecule has 146 valence electrons. The summed E-state index contributed by atoms with van der Waals surface area (Å²) in [5.41, 5.74) is 2.12. The Balaban J connectivity index is 1.55. The van der Waals surface area contributed by atoms with E-state index in [1.54, 1.807) is 17.3 Å². The molecule has 3 heterocycles. The second kappa shape index (κ2) is 7.72. The number of morpholine rings is 1. The van der Waals surface area contributed by atoms with Gasteiger partial charge in [0.2, 0.25) is 5.91 Å². The van der Waals surface area contributed by atoms with Crippen molar-refractivity contribution >= 4 is 11.8 Å². The zero-order valence-electron chi connectivity index (χ0n) is 16.2. The van der Waals surface area contributed by atoms with Gasteiger partial charge in [0.25, 0.3) is 5.91 Å². The molecule has 6 nitrogen and oxygen atoms in total. The maximum absolute atomic E-state index is 13.3. The number of carbonyl (C=O) groups excluding carboxylic acids is 2. The van der Waals surface area contributed by atoms with Crippen molar-refractivity contribution in [2.24, 2.45) is 0 Å². The van der Waals surface area contributed by atoms with Gasteiger partial charge >= 0.3 is 0 Å². The summed E-state index contributed by atoms with van der Waals surface area (Å²) < 4.78 is 5.80. The molecular formula is C22H25N3O3. The molecule has 0 aliphatic carbocycles. The van der Waals surface area contributed by atoms with E-state index in [0.717, 1.165) is 5.56 Å². The van der Waals surface area contributed by atoms with Crippen LogP contribution >= 0.6 is 0 Å². The van der Waals surface area contributed by atoms with E-state index in [1.165, 1.54) is 5.56 Å². The van der Waals surface area contributed by atoms with Crippen LogP contribution in [0, 0.1) is 0 Å². The summed E-state index contributed by atoms with van der Waals surface area (Å²) in [5.74, 6) is 0.206. The Bertz CT molecular complexity index is 835. The number of likely N-dealkylation sites (tertiary alicyclic amines) is 1. The molecular weight excluding hydrogens is 354 g/mol. The van der Waals surface area contributed by atoms with Gasteiger partial charge in [-0.2, -0.15) is 0 Å². The van der Waals surface area contributed by atoms with Crippen molar-refractivity contribution in [3.63, 3.8) is 0 Å². The second-order valence-electron chi connectivity index (χ2n) is 7.70. The number of ether oxygens (including phenoxy) is 1. The number of benzene rings is 1. The number of aromatic nitrogens is 1. The molecule has 2 atom stereocenters. The van der Waals surface area contributed by atoms with Crippen molar-refractivity contribution in [3.05, 3.63) is 66.0 Å². The van der Waals surface area contributed by atoms with Gasteiger partial charge in [-0.15, -0.1) is 0 Å². The Kier molecular flexibility index (Phi) is 5.13. The van der Waals surface area contributed by atoms with E-state index in [0.29, 0.717) is 19.0 Å². The zero-order valence-corrected chi connectivity index (χ0v) is 16.2. The first-order valence-corrected chi connectivity index (χ1v) is 9.72. The van der Waals surface area contributed by atoms with E-state index in [-0.39, 0.29) is 24.5 Å². The number of rotatable bonds is 4. The lowest BCUT2D eigenvalue weighted by Crippen LogP contribution is -2.60. The van der Waals surface area contributed by atoms with Gasteiger partial charge in [0.15, 0.2) is 6.10 Å². The minimum atomic E-state index is -0.680. The third-order valence-electron chi connectivity index (χ3n) is 5.57. The predicted molar refractivity (Wildman–Crippen MR) is 104 cm³/mol. The lowest BCUT2D eigenvalue weighted by molar-refractivity contribution is -0.174. The molecule has 2 saturated heterocycles. The molecule has 1 aromatic heterocycles. The largest absolute Gasteiger partial charge is 0.356 e. The lowest BCUT2D eigenvalue weighted by Gasteiger charge is -2.47. The lowest BCUT2D eigenvalue weighted by atomic mass is 9.89. The average molecular weight is 379 g/mol. The number of nitrogens with zero attached hydrogens (tertiary/aromatic N) is 3. The van der Waals surface area contributed by atoms with Gasteiger partial charge in [-0.05, 0) is 37.1 Å². The van der Waals surface area contributed by atoms with Crippen LogP contribution in [0.1, 0.15) is 36.9 Å². The van der Waals surface area contributed by atoms with Gasteiger partial charge in [0.1, 0.15) is 6.61 Å². The monoisotopic (exact) mass is 379 g/mol. The summed E-state index contributed by atoms with van der Waals surface area (Å²) in [6.07, 6.45) is 2.88. The average Bonchev–Trinajstić information content (AvgIpc) is 2.67. The quantitative estimate of drug-likeness (QED) is 0.818. The molecule has 2 aliphatic heterocycles. The molecule has 2 fully saturated rings. The Labute approximate surface area is 165 Å². The van der Waals surface area contributed by atoms with Gasteiger partial charge in [-0.3, -0.25) is 14.6 Å². The summed E-state index contributed by atoms with van der Waals surface area (Å²) in [6, 6.07) is 13.3. The topological polar surface area (TPSA) is 62.7 Å². The molecule has 0 N–H and O–H groups in total. The first-order chi connectivity index (χ1) is 13.6. The molecule has 0 radical (unpaired) electrons. The predicted octanol–water partition coefficient (Wildman–Crippen LogP) is 2.38. The highest BCUT2D eigenvalue weighted by molar-refractivity contribution is 5.87. The van der Waals surface area contributed by atoms with Crippen LogP contribution in [0.2, 0.25) is 0 Å². The summed E-state index contributed by atoms with van der Waals surface area (Å²) in [4.78, 5) is 33.5. The molecule has 0 bridgehead atoms. The van der Waals surface area contributed by atoms with Gasteiger partial charge in [0.05, 0.1) is 6.04 Å². The summed E-state index contributed by atoms with van der Waals surface area (Å²) in [5, 5.41) is 0. The molecule has 2 aliphatic rings. The van der Waals surface area contributed by atoms with Crippen LogP contribution in [0.5, 0.6) is 0 Å². The van der Waals surface area contributed by atoms with Crippen molar-refractivity contribution in [3.8, 4) is 0 Å². The third kappa shape index (κ3) is 3.40. The Morgan fingerprint density at radius 3 is 2.39 bits per heavy atom. The standard InChI is InChI=1S/C22H25N3O3/c1-15(2)25-19(26)14-28-21(20(25)17-6-4-3-5-7-17)22(27)24-12-18(13-24)16-8-10-23-11-9-16/h3-11,15,18,20-21H,12-14H2,1-2H3/t20-,21+/m1/s1. The molecule has 0 saturated carbocycles. The highest BCUT2D eigenvalue weighted by Gasteiger charge is 2.46. The van der Waals surface area contributed by atoms with Crippen LogP contribution in [0.25, 0.3) is 0 Å². The van der Waals surface area contributed by atoms with E-state index in [4.69, 9.17) is 4.74 Å². The molecule has 0 unspecified atom stereocenters. The Morgan fingerprint density at radius 1 is 1.07 bits per heavy atom. The van der Waals surface area contributed by atoms with E-state index >= 15 is 0 Å². The zero-order chi connectivity index (χ0) is 19.7. The normalized spacial score (nSPS) is 23.0. The Hall–Kier alpha value is -2.73. The molecule has 2 aromatic rings. The summed E-state index contributed by atoms with van der Waals surface area (Å²) >= 11 is 0. The van der Waals surface area contributed by atoms with Gasteiger partial charge in [-0.25, -0.2) is 0 Å². The maximum Gasteiger partial charge on any atom is 0.254 e. The van der Waals surface area contributed by atoms with Crippen molar-refractivity contribution in [1.82, 2.24) is 14.8 Å².